The zero-order valence-corrected chi connectivity index (χ0v) is 13.5. The first-order chi connectivity index (χ1) is 9.90. The number of likely N-dealkylation sites (tertiary alicyclic amines) is 1. The number of anilines is 1. The number of nitrogens with two attached hydrogens (primary N) is 1. The first-order valence-electron chi connectivity index (χ1n) is 7.59. The highest BCUT2D eigenvalue weighted by atomic mass is 16.5. The van der Waals surface area contributed by atoms with Gasteiger partial charge in [0.15, 0.2) is 0 Å². The number of nitrogens with zero attached hydrogens (tertiary/aromatic N) is 3. The van der Waals surface area contributed by atoms with E-state index >= 15 is 0 Å². The van der Waals surface area contributed by atoms with Crippen LogP contribution in [0.3, 0.4) is 0 Å². The molecule has 6 heteroatoms. The van der Waals surface area contributed by atoms with Crippen LogP contribution in [-0.2, 0) is 5.41 Å². The first kappa shape index (κ1) is 16.0. The summed E-state index contributed by atoms with van der Waals surface area (Å²) in [6.07, 6.45) is 3.56. The SMILES string of the molecule is CN1CCCC1CCOc1cc(NN)nc(C(C)(C)C)n1. The fourth-order valence-electron chi connectivity index (χ4n) is 2.55. The number of aromatic nitrogens is 2. The van der Waals surface area contributed by atoms with E-state index in [1.807, 2.05) is 0 Å². The zero-order chi connectivity index (χ0) is 15.5. The Morgan fingerprint density at radius 2 is 2.19 bits per heavy atom. The molecule has 2 heterocycles. The molecule has 1 aromatic rings. The highest BCUT2D eigenvalue weighted by Crippen LogP contribution is 2.23. The van der Waals surface area contributed by atoms with E-state index in [0.29, 0.717) is 24.3 Å². The van der Waals surface area contributed by atoms with E-state index in [-0.39, 0.29) is 5.41 Å². The summed E-state index contributed by atoms with van der Waals surface area (Å²) >= 11 is 0. The van der Waals surface area contributed by atoms with Crippen LogP contribution in [-0.4, -0.2) is 41.1 Å². The topological polar surface area (TPSA) is 76.3 Å². The highest BCUT2D eigenvalue weighted by molar-refractivity contribution is 5.37. The maximum Gasteiger partial charge on any atom is 0.218 e. The average Bonchev–Trinajstić information content (AvgIpc) is 2.83. The van der Waals surface area contributed by atoms with E-state index in [9.17, 15) is 0 Å². The van der Waals surface area contributed by atoms with Gasteiger partial charge in [-0.2, -0.15) is 4.98 Å². The van der Waals surface area contributed by atoms with E-state index in [2.05, 4.69) is 48.1 Å². The van der Waals surface area contributed by atoms with Crippen LogP contribution < -0.4 is 16.0 Å². The Balaban J connectivity index is 1.98. The smallest absolute Gasteiger partial charge is 0.218 e. The van der Waals surface area contributed by atoms with Gasteiger partial charge in [0.1, 0.15) is 11.6 Å². The summed E-state index contributed by atoms with van der Waals surface area (Å²) in [4.78, 5) is 11.3. The van der Waals surface area contributed by atoms with Crippen LogP contribution in [0.1, 0.15) is 45.9 Å². The van der Waals surface area contributed by atoms with E-state index in [1.165, 1.54) is 19.4 Å². The van der Waals surface area contributed by atoms with Gasteiger partial charge in [0, 0.05) is 17.5 Å². The van der Waals surface area contributed by atoms with Crippen molar-refractivity contribution in [3.8, 4) is 5.88 Å². The van der Waals surface area contributed by atoms with Crippen LogP contribution in [0.2, 0.25) is 0 Å². The molecular weight excluding hydrogens is 266 g/mol. The highest BCUT2D eigenvalue weighted by Gasteiger charge is 2.22. The molecule has 0 saturated carbocycles. The molecule has 0 aliphatic carbocycles. The minimum absolute atomic E-state index is 0.142. The summed E-state index contributed by atoms with van der Waals surface area (Å²) in [5, 5.41) is 0. The normalized spacial score (nSPS) is 19.8. The third-order valence-electron chi connectivity index (χ3n) is 3.89. The Bertz CT molecular complexity index is 472. The lowest BCUT2D eigenvalue weighted by atomic mass is 9.96. The summed E-state index contributed by atoms with van der Waals surface area (Å²) in [6.45, 7) is 8.06. The number of hydrazine groups is 1. The molecule has 0 amide bonds. The quantitative estimate of drug-likeness (QED) is 0.638. The number of hydrogen-bond acceptors (Lipinski definition) is 6. The number of nitrogens with one attached hydrogen (secondary N) is 1. The van der Waals surface area contributed by atoms with Gasteiger partial charge in [-0.1, -0.05) is 20.8 Å². The minimum Gasteiger partial charge on any atom is -0.477 e. The van der Waals surface area contributed by atoms with Crippen molar-refractivity contribution in [2.75, 3.05) is 25.6 Å². The molecule has 118 valence electrons. The van der Waals surface area contributed by atoms with Crippen LogP contribution in [0, 0.1) is 0 Å². The Morgan fingerprint density at radius 1 is 1.43 bits per heavy atom. The number of ether oxygens (including phenoxy) is 1. The molecule has 0 aromatic carbocycles. The van der Waals surface area contributed by atoms with Gasteiger partial charge in [-0.15, -0.1) is 0 Å². The second kappa shape index (κ2) is 6.58. The molecule has 1 unspecified atom stereocenters. The van der Waals surface area contributed by atoms with Gasteiger partial charge in [-0.25, -0.2) is 10.8 Å². The van der Waals surface area contributed by atoms with Crippen LogP contribution in [0.15, 0.2) is 6.07 Å². The van der Waals surface area contributed by atoms with Crippen molar-refractivity contribution < 1.29 is 4.74 Å². The summed E-state index contributed by atoms with van der Waals surface area (Å²) in [7, 11) is 2.18. The maximum absolute atomic E-state index is 5.82. The summed E-state index contributed by atoms with van der Waals surface area (Å²) in [5.41, 5.74) is 2.44. The van der Waals surface area contributed by atoms with E-state index < -0.39 is 0 Å². The van der Waals surface area contributed by atoms with Crippen molar-refractivity contribution in [2.45, 2.75) is 51.5 Å². The second-order valence-electron chi connectivity index (χ2n) is 6.72. The number of rotatable bonds is 5. The molecule has 3 N–H and O–H groups in total. The third-order valence-corrected chi connectivity index (χ3v) is 3.89. The molecule has 1 aliphatic heterocycles. The summed E-state index contributed by atoms with van der Waals surface area (Å²) in [5.74, 6) is 7.38. The molecule has 1 aliphatic rings. The Hall–Kier alpha value is -1.40. The van der Waals surface area contributed by atoms with Gasteiger partial charge >= 0.3 is 0 Å². The summed E-state index contributed by atoms with van der Waals surface area (Å²) in [6, 6.07) is 2.37. The third kappa shape index (κ3) is 4.28. The van der Waals surface area contributed by atoms with Crippen molar-refractivity contribution in [2.24, 2.45) is 5.84 Å². The van der Waals surface area contributed by atoms with Crippen molar-refractivity contribution in [1.82, 2.24) is 14.9 Å². The lowest BCUT2D eigenvalue weighted by Gasteiger charge is -2.20. The molecule has 0 bridgehead atoms. The fraction of sp³-hybridized carbons (Fsp3) is 0.733. The molecule has 6 nitrogen and oxygen atoms in total. The van der Waals surface area contributed by atoms with E-state index in [4.69, 9.17) is 10.6 Å². The molecule has 0 radical (unpaired) electrons. The largest absolute Gasteiger partial charge is 0.477 e. The maximum atomic E-state index is 5.82. The van der Waals surface area contributed by atoms with Crippen molar-refractivity contribution in [1.29, 1.82) is 0 Å². The second-order valence-corrected chi connectivity index (χ2v) is 6.72. The molecule has 2 rings (SSSR count). The van der Waals surface area contributed by atoms with Crippen LogP contribution in [0.25, 0.3) is 0 Å². The minimum atomic E-state index is -0.142. The molecule has 0 spiro atoms. The van der Waals surface area contributed by atoms with Gasteiger partial charge in [-0.3, -0.25) is 0 Å². The first-order valence-corrected chi connectivity index (χ1v) is 7.59. The van der Waals surface area contributed by atoms with Crippen molar-refractivity contribution in [3.63, 3.8) is 0 Å². The Labute approximate surface area is 127 Å². The molecule has 1 fully saturated rings. The van der Waals surface area contributed by atoms with Crippen LogP contribution in [0.5, 0.6) is 5.88 Å². The monoisotopic (exact) mass is 293 g/mol. The molecular formula is C15H27N5O. The van der Waals surface area contributed by atoms with Gasteiger partial charge in [-0.05, 0) is 32.9 Å². The van der Waals surface area contributed by atoms with Gasteiger partial charge in [0.25, 0.3) is 0 Å². The van der Waals surface area contributed by atoms with E-state index in [1.54, 1.807) is 6.07 Å². The van der Waals surface area contributed by atoms with Gasteiger partial charge in [0.05, 0.1) is 6.61 Å². The Morgan fingerprint density at radius 3 is 2.76 bits per heavy atom. The molecule has 1 aromatic heterocycles. The standard InChI is InChI=1S/C15H27N5O/c1-15(2,3)14-17-12(19-16)10-13(18-14)21-9-7-11-6-5-8-20(11)4/h10-11H,5-9,16H2,1-4H3,(H,17,18,19). The zero-order valence-electron chi connectivity index (χ0n) is 13.5. The van der Waals surface area contributed by atoms with Gasteiger partial charge < -0.3 is 15.1 Å². The number of hydrogen-bond donors (Lipinski definition) is 2. The lowest BCUT2D eigenvalue weighted by molar-refractivity contribution is 0.227. The molecule has 1 saturated heterocycles. The van der Waals surface area contributed by atoms with Crippen molar-refractivity contribution >= 4 is 5.82 Å². The van der Waals surface area contributed by atoms with Gasteiger partial charge in [0.2, 0.25) is 5.88 Å². The lowest BCUT2D eigenvalue weighted by Crippen LogP contribution is -2.26. The molecule has 1 atom stereocenters. The van der Waals surface area contributed by atoms with Crippen LogP contribution >= 0.6 is 0 Å². The van der Waals surface area contributed by atoms with Crippen molar-refractivity contribution in [3.05, 3.63) is 11.9 Å². The fourth-order valence-corrected chi connectivity index (χ4v) is 2.55. The predicted octanol–water partition coefficient (Wildman–Crippen LogP) is 1.92. The summed E-state index contributed by atoms with van der Waals surface area (Å²) < 4.78 is 5.82. The molecule has 21 heavy (non-hydrogen) atoms. The number of nitrogen functional groups attached to an aromatic ring is 1. The predicted molar refractivity (Wildman–Crippen MR) is 84.3 cm³/mol. The van der Waals surface area contributed by atoms with E-state index in [0.717, 1.165) is 12.2 Å². The van der Waals surface area contributed by atoms with Crippen LogP contribution in [0.4, 0.5) is 5.82 Å². The average molecular weight is 293 g/mol. The Kier molecular flexibility index (Phi) is 5.00.